The highest BCUT2D eigenvalue weighted by molar-refractivity contribution is 7.86. The van der Waals surface area contributed by atoms with Gasteiger partial charge in [-0.25, -0.2) is 0 Å². The summed E-state index contributed by atoms with van der Waals surface area (Å²) in [5.74, 6) is -0.904. The SMILES string of the molecule is Nc1cc(S(=O)(=O)O)cc2cc(S(=O)(=O)O)c(-c3cc(S(=O)(=O)O)ccc3N=Nc3ccccc3)c(O)c12. The second kappa shape index (κ2) is 9.43. The van der Waals surface area contributed by atoms with Crippen molar-refractivity contribution in [2.45, 2.75) is 14.7 Å². The number of anilines is 1. The first-order valence-corrected chi connectivity index (χ1v) is 14.5. The first kappa shape index (κ1) is 27.1. The minimum atomic E-state index is -5.19. The molecule has 0 amide bonds. The molecule has 0 aliphatic rings. The summed E-state index contributed by atoms with van der Waals surface area (Å²) in [5, 5.41) is 18.6. The fraction of sp³-hybridized carbons (Fsp3) is 0. The number of hydrogen-bond acceptors (Lipinski definition) is 10. The van der Waals surface area contributed by atoms with E-state index >= 15 is 0 Å². The van der Waals surface area contributed by atoms with Crippen molar-refractivity contribution in [2.24, 2.45) is 10.2 Å². The van der Waals surface area contributed by atoms with Gasteiger partial charge in [-0.3, -0.25) is 13.7 Å². The van der Waals surface area contributed by atoms with Crippen LogP contribution in [0.1, 0.15) is 0 Å². The maximum Gasteiger partial charge on any atom is 0.295 e. The van der Waals surface area contributed by atoms with Crippen LogP contribution in [0.15, 0.2) is 91.6 Å². The molecule has 0 atom stereocenters. The summed E-state index contributed by atoms with van der Waals surface area (Å²) in [6.07, 6.45) is 0. The second-order valence-corrected chi connectivity index (χ2v) is 12.1. The Labute approximate surface area is 216 Å². The first-order valence-electron chi connectivity index (χ1n) is 10.2. The molecule has 0 aliphatic carbocycles. The third-order valence-corrected chi connectivity index (χ3v) is 7.88. The maximum atomic E-state index is 12.4. The molecule has 0 saturated heterocycles. The lowest BCUT2D eigenvalue weighted by Gasteiger charge is -2.16. The van der Waals surface area contributed by atoms with E-state index in [-0.39, 0.29) is 16.5 Å². The molecule has 198 valence electrons. The molecular weight excluding hydrogens is 562 g/mol. The van der Waals surface area contributed by atoms with Crippen molar-refractivity contribution in [3.8, 4) is 16.9 Å². The average molecular weight is 580 g/mol. The van der Waals surface area contributed by atoms with Gasteiger partial charge in [0.15, 0.2) is 0 Å². The molecule has 0 unspecified atom stereocenters. The number of nitrogens with zero attached hydrogens (tertiary/aromatic N) is 2. The van der Waals surface area contributed by atoms with E-state index in [1.807, 2.05) is 0 Å². The molecule has 0 fully saturated rings. The number of fused-ring (bicyclic) bond motifs is 1. The zero-order valence-electron chi connectivity index (χ0n) is 18.8. The molecule has 0 heterocycles. The van der Waals surface area contributed by atoms with Gasteiger partial charge in [0.05, 0.1) is 21.2 Å². The van der Waals surface area contributed by atoms with Crippen LogP contribution in [-0.2, 0) is 30.4 Å². The fourth-order valence-electron chi connectivity index (χ4n) is 3.68. The van der Waals surface area contributed by atoms with Gasteiger partial charge in [-0.05, 0) is 53.9 Å². The van der Waals surface area contributed by atoms with E-state index in [2.05, 4.69) is 10.2 Å². The molecule has 6 N–H and O–H groups in total. The Kier molecular flexibility index (Phi) is 6.73. The number of phenols is 1. The Balaban J connectivity index is 2.15. The maximum absolute atomic E-state index is 12.4. The van der Waals surface area contributed by atoms with Gasteiger partial charge >= 0.3 is 0 Å². The molecule has 0 aliphatic heterocycles. The number of azo groups is 1. The zero-order chi connectivity index (χ0) is 28.0. The quantitative estimate of drug-likeness (QED) is 0.124. The lowest BCUT2D eigenvalue weighted by Crippen LogP contribution is -2.05. The van der Waals surface area contributed by atoms with Gasteiger partial charge in [-0.15, -0.1) is 5.11 Å². The van der Waals surface area contributed by atoms with Crippen LogP contribution < -0.4 is 5.73 Å². The predicted molar refractivity (Wildman–Crippen MR) is 136 cm³/mol. The molecule has 0 saturated carbocycles. The number of hydrogen-bond donors (Lipinski definition) is 5. The van der Waals surface area contributed by atoms with E-state index in [4.69, 9.17) is 5.73 Å². The molecule has 4 rings (SSSR count). The summed E-state index contributed by atoms with van der Waals surface area (Å²) in [5.41, 5.74) is 4.61. The van der Waals surface area contributed by atoms with E-state index < -0.39 is 67.6 Å². The van der Waals surface area contributed by atoms with Gasteiger partial charge in [0.1, 0.15) is 10.6 Å². The lowest BCUT2D eigenvalue weighted by atomic mass is 9.97. The summed E-state index contributed by atoms with van der Waals surface area (Å²) >= 11 is 0. The fourth-order valence-corrected chi connectivity index (χ4v) is 5.48. The minimum absolute atomic E-state index is 0.186. The Morgan fingerprint density at radius 3 is 1.89 bits per heavy atom. The van der Waals surface area contributed by atoms with Gasteiger partial charge in [-0.1, -0.05) is 18.2 Å². The van der Waals surface area contributed by atoms with Crippen molar-refractivity contribution in [1.29, 1.82) is 0 Å². The molecule has 0 aromatic heterocycles. The van der Waals surface area contributed by atoms with Crippen molar-refractivity contribution in [1.82, 2.24) is 0 Å². The highest BCUT2D eigenvalue weighted by atomic mass is 32.2. The van der Waals surface area contributed by atoms with E-state index in [9.17, 15) is 44.0 Å². The molecule has 0 spiro atoms. The number of benzene rings is 4. The molecule has 13 nitrogen and oxygen atoms in total. The van der Waals surface area contributed by atoms with Crippen LogP contribution in [-0.4, -0.2) is 44.0 Å². The van der Waals surface area contributed by atoms with Crippen LogP contribution in [0, 0.1) is 0 Å². The number of aromatic hydroxyl groups is 1. The van der Waals surface area contributed by atoms with Gasteiger partial charge in [0, 0.05) is 22.2 Å². The molecule has 4 aromatic rings. The zero-order valence-corrected chi connectivity index (χ0v) is 21.2. The number of rotatable bonds is 6. The Morgan fingerprint density at radius 2 is 1.32 bits per heavy atom. The van der Waals surface area contributed by atoms with Gasteiger partial charge in [0.2, 0.25) is 0 Å². The normalized spacial score (nSPS) is 12.8. The van der Waals surface area contributed by atoms with E-state index in [1.54, 1.807) is 30.3 Å². The molecule has 16 heteroatoms. The van der Waals surface area contributed by atoms with Crippen LogP contribution in [0.25, 0.3) is 21.9 Å². The third-order valence-electron chi connectivity index (χ3n) is 5.32. The number of nitrogen functional groups attached to an aromatic ring is 1. The van der Waals surface area contributed by atoms with Crippen LogP contribution in [0.5, 0.6) is 5.75 Å². The van der Waals surface area contributed by atoms with Crippen LogP contribution in [0.4, 0.5) is 17.1 Å². The Bertz CT molecular complexity index is 1960. The Hall–Kier alpha value is -3.93. The molecule has 4 aromatic carbocycles. The molecule has 38 heavy (non-hydrogen) atoms. The van der Waals surface area contributed by atoms with Gasteiger partial charge in [-0.2, -0.15) is 30.4 Å². The summed E-state index contributed by atoms with van der Waals surface area (Å²) in [6, 6.07) is 13.4. The average Bonchev–Trinajstić information content (AvgIpc) is 2.81. The molecular formula is C22H17N3O10S3. The minimum Gasteiger partial charge on any atom is -0.507 e. The van der Waals surface area contributed by atoms with E-state index in [0.29, 0.717) is 5.69 Å². The van der Waals surface area contributed by atoms with Crippen LogP contribution in [0.2, 0.25) is 0 Å². The van der Waals surface area contributed by atoms with Crippen molar-refractivity contribution in [3.05, 3.63) is 66.7 Å². The van der Waals surface area contributed by atoms with E-state index in [0.717, 1.165) is 36.4 Å². The van der Waals surface area contributed by atoms with Gasteiger partial charge < -0.3 is 10.8 Å². The Morgan fingerprint density at radius 1 is 0.684 bits per heavy atom. The number of phenolic OH excluding ortho intramolecular Hbond substituents is 1. The third kappa shape index (κ3) is 5.35. The molecule has 0 radical (unpaired) electrons. The van der Waals surface area contributed by atoms with Gasteiger partial charge in [0.25, 0.3) is 30.4 Å². The second-order valence-electron chi connectivity index (χ2n) is 7.85. The van der Waals surface area contributed by atoms with Crippen molar-refractivity contribution < 1.29 is 44.0 Å². The highest BCUT2D eigenvalue weighted by Crippen LogP contribution is 2.47. The van der Waals surface area contributed by atoms with Crippen molar-refractivity contribution in [3.63, 3.8) is 0 Å². The first-order chi connectivity index (χ1) is 17.6. The topological polar surface area (TPSA) is 234 Å². The summed E-state index contributed by atoms with van der Waals surface area (Å²) < 4.78 is 101. The van der Waals surface area contributed by atoms with Crippen LogP contribution in [0.3, 0.4) is 0 Å². The summed E-state index contributed by atoms with van der Waals surface area (Å²) in [4.78, 5) is -2.42. The van der Waals surface area contributed by atoms with Crippen molar-refractivity contribution in [2.75, 3.05) is 5.73 Å². The van der Waals surface area contributed by atoms with Crippen molar-refractivity contribution >= 4 is 58.2 Å². The highest BCUT2D eigenvalue weighted by Gasteiger charge is 2.28. The summed E-state index contributed by atoms with van der Waals surface area (Å²) in [6.45, 7) is 0. The standard InChI is InChI=1S/C22H17N3O10S3/c23-17-11-15(37(30,31)32)8-12-9-19(38(33,34)35)21(22(26)20(12)17)16-10-14(36(27,28)29)6-7-18(16)25-24-13-4-2-1-3-5-13/h1-11,26H,23H2,(H,27,28,29)(H,30,31,32)(H,33,34,35). The largest absolute Gasteiger partial charge is 0.507 e. The smallest absolute Gasteiger partial charge is 0.295 e. The predicted octanol–water partition coefficient (Wildman–Crippen LogP) is 3.95. The van der Waals surface area contributed by atoms with Crippen LogP contribution >= 0.6 is 0 Å². The van der Waals surface area contributed by atoms with E-state index in [1.165, 1.54) is 0 Å². The lowest BCUT2D eigenvalue weighted by molar-refractivity contribution is 0.473. The monoisotopic (exact) mass is 579 g/mol. The number of nitrogens with two attached hydrogens (primary N) is 1. The summed E-state index contributed by atoms with van der Waals surface area (Å²) in [7, 11) is -14.8. The molecule has 0 bridgehead atoms.